The van der Waals surface area contributed by atoms with Crippen LogP contribution in [0.5, 0.6) is 0 Å². The van der Waals surface area contributed by atoms with E-state index < -0.39 is 0 Å². The molecule has 19 heavy (non-hydrogen) atoms. The number of carbonyl (C=O) groups is 1. The number of rotatable bonds is 1. The quantitative estimate of drug-likeness (QED) is 0.766. The molecule has 1 aromatic rings. The third kappa shape index (κ3) is 2.50. The van der Waals surface area contributed by atoms with Gasteiger partial charge in [0.2, 0.25) is 0 Å². The highest BCUT2D eigenvalue weighted by Gasteiger charge is 2.38. The number of amides is 1. The summed E-state index contributed by atoms with van der Waals surface area (Å²) in [4.78, 5) is 14.6. The number of halogens is 2. The van der Waals surface area contributed by atoms with E-state index >= 15 is 0 Å². The molecule has 0 radical (unpaired) electrons. The van der Waals surface area contributed by atoms with Crippen LogP contribution in [0.1, 0.15) is 29.6 Å². The topological polar surface area (TPSA) is 32.3 Å². The first-order chi connectivity index (χ1) is 9.16. The highest BCUT2D eigenvalue weighted by molar-refractivity contribution is 14.1. The van der Waals surface area contributed by atoms with Crippen LogP contribution in [-0.2, 0) is 0 Å². The van der Waals surface area contributed by atoms with E-state index in [-0.39, 0.29) is 17.8 Å². The molecule has 0 aromatic heterocycles. The Morgan fingerprint density at radius 1 is 1.32 bits per heavy atom. The molecule has 3 rings (SSSR count). The molecule has 2 atom stereocenters. The van der Waals surface area contributed by atoms with Gasteiger partial charge in [-0.1, -0.05) is 0 Å². The number of nitrogens with one attached hydrogen (secondary N) is 1. The molecule has 2 unspecified atom stereocenters. The Morgan fingerprint density at radius 2 is 2.11 bits per heavy atom. The summed E-state index contributed by atoms with van der Waals surface area (Å²) in [5, 5.41) is 3.37. The number of nitrogens with zero attached hydrogens (tertiary/aromatic N) is 1. The van der Waals surface area contributed by atoms with Crippen molar-refractivity contribution in [2.75, 3.05) is 13.1 Å². The Bertz CT molecular complexity index is 494. The third-order valence-electron chi connectivity index (χ3n) is 4.06. The summed E-state index contributed by atoms with van der Waals surface area (Å²) in [5.41, 5.74) is 0.469. The van der Waals surface area contributed by atoms with Gasteiger partial charge in [0.1, 0.15) is 5.82 Å². The molecule has 0 saturated carbocycles. The Balaban J connectivity index is 1.88. The second-order valence-corrected chi connectivity index (χ2v) is 6.38. The number of hydrogen-bond acceptors (Lipinski definition) is 2. The van der Waals surface area contributed by atoms with Gasteiger partial charge in [0.25, 0.3) is 5.91 Å². The van der Waals surface area contributed by atoms with Crippen molar-refractivity contribution < 1.29 is 9.18 Å². The lowest BCUT2D eigenvalue weighted by Crippen LogP contribution is -2.42. The monoisotopic (exact) mass is 374 g/mol. The fourth-order valence-corrected chi connectivity index (χ4v) is 3.43. The van der Waals surface area contributed by atoms with Gasteiger partial charge in [0.15, 0.2) is 0 Å². The van der Waals surface area contributed by atoms with Gasteiger partial charge in [-0.15, -0.1) is 0 Å². The molecule has 2 saturated heterocycles. The molecule has 1 amide bonds. The Kier molecular flexibility index (Phi) is 3.75. The van der Waals surface area contributed by atoms with Crippen LogP contribution in [0.25, 0.3) is 0 Å². The molecule has 2 heterocycles. The van der Waals surface area contributed by atoms with Crippen molar-refractivity contribution in [2.45, 2.75) is 31.3 Å². The maximum Gasteiger partial charge on any atom is 0.254 e. The van der Waals surface area contributed by atoms with Gasteiger partial charge in [-0.05, 0) is 66.6 Å². The minimum Gasteiger partial charge on any atom is -0.331 e. The zero-order chi connectivity index (χ0) is 13.4. The predicted molar refractivity (Wildman–Crippen MR) is 79.6 cm³/mol. The SMILES string of the molecule is O=C(c1ccc(I)c(F)c1)N1C2CCNCC1CC2. The molecule has 2 aliphatic heterocycles. The lowest BCUT2D eigenvalue weighted by molar-refractivity contribution is 0.0679. The zero-order valence-electron chi connectivity index (χ0n) is 10.5. The van der Waals surface area contributed by atoms with Crippen molar-refractivity contribution in [3.05, 3.63) is 33.1 Å². The standard InChI is InChI=1S/C14H16FIN2O/c15-12-7-9(1-4-13(12)16)14(19)18-10-2-3-11(18)8-17-6-5-10/h1,4,7,10-11,17H,2-3,5-6,8H2. The average molecular weight is 374 g/mol. The number of carbonyl (C=O) groups excluding carboxylic acids is 1. The molecule has 2 fully saturated rings. The number of hydrogen-bond donors (Lipinski definition) is 1. The van der Waals surface area contributed by atoms with Crippen LogP contribution in [0.2, 0.25) is 0 Å². The van der Waals surface area contributed by atoms with E-state index in [4.69, 9.17) is 0 Å². The van der Waals surface area contributed by atoms with E-state index in [9.17, 15) is 9.18 Å². The van der Waals surface area contributed by atoms with Crippen LogP contribution in [0.15, 0.2) is 18.2 Å². The highest BCUT2D eigenvalue weighted by Crippen LogP contribution is 2.29. The average Bonchev–Trinajstić information content (AvgIpc) is 2.65. The van der Waals surface area contributed by atoms with Gasteiger partial charge in [-0.25, -0.2) is 4.39 Å². The molecular formula is C14H16FIN2O. The summed E-state index contributed by atoms with van der Waals surface area (Å²) < 4.78 is 14.2. The molecule has 0 spiro atoms. The largest absolute Gasteiger partial charge is 0.331 e. The lowest BCUT2D eigenvalue weighted by atomic mass is 10.1. The zero-order valence-corrected chi connectivity index (χ0v) is 12.7. The Hall–Kier alpha value is -0.690. The van der Waals surface area contributed by atoms with Crippen molar-refractivity contribution >= 4 is 28.5 Å². The van der Waals surface area contributed by atoms with E-state index in [1.54, 1.807) is 12.1 Å². The fourth-order valence-electron chi connectivity index (χ4n) is 3.09. The molecule has 2 bridgehead atoms. The molecule has 0 aliphatic carbocycles. The Labute approximate surface area is 125 Å². The third-order valence-corrected chi connectivity index (χ3v) is 4.93. The van der Waals surface area contributed by atoms with Gasteiger partial charge >= 0.3 is 0 Å². The molecule has 2 aliphatic rings. The van der Waals surface area contributed by atoms with Crippen molar-refractivity contribution in [3.8, 4) is 0 Å². The highest BCUT2D eigenvalue weighted by atomic mass is 127. The fraction of sp³-hybridized carbons (Fsp3) is 0.500. The van der Waals surface area contributed by atoms with Crippen LogP contribution >= 0.6 is 22.6 Å². The van der Waals surface area contributed by atoms with Gasteiger partial charge in [-0.2, -0.15) is 0 Å². The molecule has 1 N–H and O–H groups in total. The van der Waals surface area contributed by atoms with E-state index in [0.29, 0.717) is 15.2 Å². The molecular weight excluding hydrogens is 358 g/mol. The normalized spacial score (nSPS) is 26.3. The second-order valence-electron chi connectivity index (χ2n) is 5.22. The number of benzene rings is 1. The van der Waals surface area contributed by atoms with Gasteiger partial charge in [0, 0.05) is 27.8 Å². The molecule has 3 nitrogen and oxygen atoms in total. The summed E-state index contributed by atoms with van der Waals surface area (Å²) in [6, 6.07) is 5.34. The minimum atomic E-state index is -0.313. The van der Waals surface area contributed by atoms with Crippen LogP contribution in [0.4, 0.5) is 4.39 Å². The van der Waals surface area contributed by atoms with Crippen LogP contribution in [-0.4, -0.2) is 36.0 Å². The summed E-state index contributed by atoms with van der Waals surface area (Å²) in [7, 11) is 0. The van der Waals surface area contributed by atoms with Crippen LogP contribution < -0.4 is 5.32 Å². The second kappa shape index (κ2) is 5.36. The van der Waals surface area contributed by atoms with Gasteiger partial charge in [-0.3, -0.25) is 4.79 Å². The van der Waals surface area contributed by atoms with E-state index in [1.807, 2.05) is 27.5 Å². The van der Waals surface area contributed by atoms with E-state index in [2.05, 4.69) is 5.32 Å². The predicted octanol–water partition coefficient (Wildman–Crippen LogP) is 2.40. The van der Waals surface area contributed by atoms with Crippen LogP contribution in [0.3, 0.4) is 0 Å². The van der Waals surface area contributed by atoms with Crippen molar-refractivity contribution in [3.63, 3.8) is 0 Å². The smallest absolute Gasteiger partial charge is 0.254 e. The van der Waals surface area contributed by atoms with Crippen molar-refractivity contribution in [1.29, 1.82) is 0 Å². The first-order valence-corrected chi connectivity index (χ1v) is 7.73. The summed E-state index contributed by atoms with van der Waals surface area (Å²) in [5.74, 6) is -0.335. The maximum atomic E-state index is 13.6. The minimum absolute atomic E-state index is 0.0218. The maximum absolute atomic E-state index is 13.6. The van der Waals surface area contributed by atoms with Gasteiger partial charge in [0.05, 0.1) is 0 Å². The van der Waals surface area contributed by atoms with Crippen molar-refractivity contribution in [2.24, 2.45) is 0 Å². The van der Waals surface area contributed by atoms with Gasteiger partial charge < -0.3 is 10.2 Å². The summed E-state index contributed by atoms with van der Waals surface area (Å²) >= 11 is 1.94. The van der Waals surface area contributed by atoms with Crippen LogP contribution in [0, 0.1) is 9.39 Å². The summed E-state index contributed by atoms with van der Waals surface area (Å²) in [6.07, 6.45) is 3.12. The Morgan fingerprint density at radius 3 is 2.89 bits per heavy atom. The number of fused-ring (bicyclic) bond motifs is 2. The molecule has 5 heteroatoms. The van der Waals surface area contributed by atoms with E-state index in [0.717, 1.165) is 32.4 Å². The van der Waals surface area contributed by atoms with Crippen molar-refractivity contribution in [1.82, 2.24) is 10.2 Å². The molecule has 102 valence electrons. The van der Waals surface area contributed by atoms with E-state index in [1.165, 1.54) is 6.07 Å². The summed E-state index contributed by atoms with van der Waals surface area (Å²) in [6.45, 7) is 1.82. The first kappa shape index (κ1) is 13.3. The lowest BCUT2D eigenvalue weighted by Gasteiger charge is -2.28. The first-order valence-electron chi connectivity index (χ1n) is 6.65. The molecule has 1 aromatic carbocycles.